The third-order valence-electron chi connectivity index (χ3n) is 4.23. The minimum Gasteiger partial charge on any atom is -0.437 e. The van der Waals surface area contributed by atoms with Crippen molar-refractivity contribution in [3.05, 3.63) is 77.4 Å². The molecule has 0 aliphatic heterocycles. The number of pyridine rings is 1. The number of benzene rings is 2. The molecular weight excluding hydrogens is 318 g/mol. The van der Waals surface area contributed by atoms with Gasteiger partial charge in [-0.2, -0.15) is 0 Å². The molecule has 2 aromatic heterocycles. The number of fused-ring (bicyclic) bond motifs is 1. The molecule has 0 aliphatic rings. The van der Waals surface area contributed by atoms with Gasteiger partial charge in [0, 0.05) is 17.3 Å². The van der Waals surface area contributed by atoms with Gasteiger partial charge in [-0.05, 0) is 23.6 Å². The molecule has 118 valence electrons. The van der Waals surface area contributed by atoms with E-state index >= 15 is 0 Å². The Labute approximate surface area is 145 Å². The van der Waals surface area contributed by atoms with Crippen LogP contribution in [-0.4, -0.2) is 4.98 Å². The largest absolute Gasteiger partial charge is 0.437 e. The minimum atomic E-state index is 0.566. The van der Waals surface area contributed by atoms with Crippen molar-refractivity contribution in [1.29, 1.82) is 0 Å². The summed E-state index contributed by atoms with van der Waals surface area (Å²) in [5.41, 5.74) is 4.96. The van der Waals surface area contributed by atoms with E-state index in [1.54, 1.807) is 12.3 Å². The van der Waals surface area contributed by atoms with Gasteiger partial charge in [-0.1, -0.05) is 73.1 Å². The Morgan fingerprint density at radius 2 is 1.67 bits per heavy atom. The van der Waals surface area contributed by atoms with E-state index in [-0.39, 0.29) is 0 Å². The first-order valence-electron chi connectivity index (χ1n) is 7.99. The molecule has 0 N–H and O–H groups in total. The Kier molecular flexibility index (Phi) is 3.83. The summed E-state index contributed by atoms with van der Waals surface area (Å²) in [6, 6.07) is 20.4. The molecule has 24 heavy (non-hydrogen) atoms. The third kappa shape index (κ3) is 2.49. The normalized spacial score (nSPS) is 11.1. The van der Waals surface area contributed by atoms with Gasteiger partial charge in [0.15, 0.2) is 0 Å². The zero-order valence-electron chi connectivity index (χ0n) is 13.3. The standard InChI is InChI=1S/C21H16ClNO/c1-2-14-8-10-15(11-9-14)18-19-17(22)12-13-23-21(19)24-20(18)16-6-4-3-5-7-16/h3-13H,2H2,1H3. The van der Waals surface area contributed by atoms with E-state index in [0.29, 0.717) is 10.7 Å². The Morgan fingerprint density at radius 1 is 0.917 bits per heavy atom. The maximum absolute atomic E-state index is 6.47. The highest BCUT2D eigenvalue weighted by atomic mass is 35.5. The molecule has 0 radical (unpaired) electrons. The van der Waals surface area contributed by atoms with E-state index in [0.717, 1.165) is 34.3 Å². The summed E-state index contributed by atoms with van der Waals surface area (Å²) < 4.78 is 6.08. The number of rotatable bonds is 3. The van der Waals surface area contributed by atoms with Crippen LogP contribution in [0.15, 0.2) is 71.3 Å². The molecule has 0 aliphatic carbocycles. The maximum Gasteiger partial charge on any atom is 0.228 e. The molecule has 0 fully saturated rings. The summed E-state index contributed by atoms with van der Waals surface area (Å²) in [7, 11) is 0. The molecule has 4 rings (SSSR count). The van der Waals surface area contributed by atoms with Gasteiger partial charge in [0.2, 0.25) is 5.71 Å². The highest BCUT2D eigenvalue weighted by Gasteiger charge is 2.20. The van der Waals surface area contributed by atoms with Crippen molar-refractivity contribution in [2.75, 3.05) is 0 Å². The fourth-order valence-corrected chi connectivity index (χ4v) is 3.19. The van der Waals surface area contributed by atoms with Crippen LogP contribution in [0.2, 0.25) is 5.02 Å². The van der Waals surface area contributed by atoms with Gasteiger partial charge in [0.1, 0.15) is 5.76 Å². The minimum absolute atomic E-state index is 0.566. The monoisotopic (exact) mass is 333 g/mol. The van der Waals surface area contributed by atoms with Crippen molar-refractivity contribution in [3.63, 3.8) is 0 Å². The van der Waals surface area contributed by atoms with E-state index in [1.165, 1.54) is 5.56 Å². The zero-order valence-corrected chi connectivity index (χ0v) is 14.0. The lowest BCUT2D eigenvalue weighted by Crippen LogP contribution is -1.84. The predicted octanol–water partition coefficient (Wildman–Crippen LogP) is 6.38. The van der Waals surface area contributed by atoms with E-state index in [2.05, 4.69) is 36.2 Å². The fourth-order valence-electron chi connectivity index (χ4n) is 2.96. The quantitative estimate of drug-likeness (QED) is 0.435. The molecule has 0 saturated carbocycles. The SMILES string of the molecule is CCc1ccc(-c2c(-c3ccccc3)oc3nccc(Cl)c23)cc1. The zero-order chi connectivity index (χ0) is 16.5. The van der Waals surface area contributed by atoms with Crippen LogP contribution in [0.1, 0.15) is 12.5 Å². The van der Waals surface area contributed by atoms with Gasteiger partial charge in [0.25, 0.3) is 0 Å². The number of halogens is 1. The van der Waals surface area contributed by atoms with E-state index in [9.17, 15) is 0 Å². The molecule has 0 unspecified atom stereocenters. The first-order chi connectivity index (χ1) is 11.8. The second-order valence-corrected chi connectivity index (χ2v) is 6.10. The third-order valence-corrected chi connectivity index (χ3v) is 4.54. The molecule has 2 nitrogen and oxygen atoms in total. The van der Waals surface area contributed by atoms with Gasteiger partial charge in [-0.3, -0.25) is 0 Å². The number of aryl methyl sites for hydroxylation is 1. The summed E-state index contributed by atoms with van der Waals surface area (Å²) in [4.78, 5) is 4.36. The number of furan rings is 1. The van der Waals surface area contributed by atoms with Gasteiger partial charge >= 0.3 is 0 Å². The average molecular weight is 334 g/mol. The lowest BCUT2D eigenvalue weighted by Gasteiger charge is -2.05. The van der Waals surface area contributed by atoms with Crippen molar-refractivity contribution >= 4 is 22.7 Å². The van der Waals surface area contributed by atoms with Crippen LogP contribution in [0.25, 0.3) is 33.6 Å². The van der Waals surface area contributed by atoms with Gasteiger partial charge in [-0.25, -0.2) is 4.98 Å². The Morgan fingerprint density at radius 3 is 2.38 bits per heavy atom. The Bertz CT molecular complexity index is 988. The molecule has 2 aromatic carbocycles. The number of hydrogen-bond donors (Lipinski definition) is 0. The number of nitrogens with zero attached hydrogens (tertiary/aromatic N) is 1. The highest BCUT2D eigenvalue weighted by molar-refractivity contribution is 6.36. The summed E-state index contributed by atoms with van der Waals surface area (Å²) in [5.74, 6) is 0.801. The molecule has 4 aromatic rings. The van der Waals surface area contributed by atoms with Crippen LogP contribution in [0.5, 0.6) is 0 Å². The van der Waals surface area contributed by atoms with Crippen LogP contribution < -0.4 is 0 Å². The van der Waals surface area contributed by atoms with Crippen molar-refractivity contribution in [3.8, 4) is 22.5 Å². The van der Waals surface area contributed by atoms with E-state index in [1.807, 2.05) is 30.3 Å². The first kappa shape index (κ1) is 15.0. The van der Waals surface area contributed by atoms with Crippen LogP contribution in [0.3, 0.4) is 0 Å². The number of hydrogen-bond acceptors (Lipinski definition) is 2. The maximum atomic E-state index is 6.47. The molecule has 3 heteroatoms. The topological polar surface area (TPSA) is 26.0 Å². The van der Waals surface area contributed by atoms with Crippen molar-refractivity contribution in [2.24, 2.45) is 0 Å². The summed E-state index contributed by atoms with van der Waals surface area (Å²) >= 11 is 6.47. The fraction of sp³-hybridized carbons (Fsp3) is 0.0952. The Balaban J connectivity index is 2.03. The van der Waals surface area contributed by atoms with E-state index in [4.69, 9.17) is 16.0 Å². The van der Waals surface area contributed by atoms with Crippen molar-refractivity contribution in [1.82, 2.24) is 4.98 Å². The predicted molar refractivity (Wildman–Crippen MR) is 99.3 cm³/mol. The summed E-state index contributed by atoms with van der Waals surface area (Å²) in [5, 5.41) is 1.52. The van der Waals surface area contributed by atoms with Crippen LogP contribution >= 0.6 is 11.6 Å². The molecule has 0 spiro atoms. The smallest absolute Gasteiger partial charge is 0.228 e. The van der Waals surface area contributed by atoms with Crippen LogP contribution in [0.4, 0.5) is 0 Å². The second kappa shape index (κ2) is 6.14. The molecule has 0 saturated heterocycles. The van der Waals surface area contributed by atoms with E-state index < -0.39 is 0 Å². The molecule has 0 amide bonds. The molecule has 0 bridgehead atoms. The van der Waals surface area contributed by atoms with Crippen LogP contribution in [-0.2, 0) is 6.42 Å². The van der Waals surface area contributed by atoms with Gasteiger partial charge in [0.05, 0.1) is 10.4 Å². The van der Waals surface area contributed by atoms with Gasteiger partial charge < -0.3 is 4.42 Å². The second-order valence-electron chi connectivity index (χ2n) is 5.70. The molecule has 0 atom stereocenters. The Hall–Kier alpha value is -2.58. The highest BCUT2D eigenvalue weighted by Crippen LogP contribution is 2.42. The van der Waals surface area contributed by atoms with Crippen molar-refractivity contribution < 1.29 is 4.42 Å². The first-order valence-corrected chi connectivity index (χ1v) is 8.37. The lowest BCUT2D eigenvalue weighted by atomic mass is 9.98. The van der Waals surface area contributed by atoms with Crippen LogP contribution in [0, 0.1) is 0 Å². The summed E-state index contributed by atoms with van der Waals surface area (Å²) in [6.07, 6.45) is 2.69. The molecule has 2 heterocycles. The summed E-state index contributed by atoms with van der Waals surface area (Å²) in [6.45, 7) is 2.15. The lowest BCUT2D eigenvalue weighted by molar-refractivity contribution is 0.619. The van der Waals surface area contributed by atoms with Crippen molar-refractivity contribution in [2.45, 2.75) is 13.3 Å². The average Bonchev–Trinajstić information content (AvgIpc) is 3.03. The molecular formula is C21H16ClNO. The van der Waals surface area contributed by atoms with Gasteiger partial charge in [-0.15, -0.1) is 0 Å². The number of aromatic nitrogens is 1.